The second-order valence-electron chi connectivity index (χ2n) is 5.73. The van der Waals surface area contributed by atoms with Gasteiger partial charge < -0.3 is 14.2 Å². The number of hydrogen-bond acceptors (Lipinski definition) is 5. The molecule has 3 rings (SSSR count). The van der Waals surface area contributed by atoms with Gasteiger partial charge in [0.25, 0.3) is 0 Å². The summed E-state index contributed by atoms with van der Waals surface area (Å²) in [6, 6.07) is 11.0. The molecule has 1 aliphatic heterocycles. The second kappa shape index (κ2) is 9.23. The van der Waals surface area contributed by atoms with Crippen molar-refractivity contribution in [2.45, 2.75) is 6.42 Å². The van der Waals surface area contributed by atoms with Gasteiger partial charge in [0, 0.05) is 10.0 Å². The molecule has 1 amide bonds. The van der Waals surface area contributed by atoms with Crippen LogP contribution in [0.5, 0.6) is 17.2 Å². The van der Waals surface area contributed by atoms with Crippen LogP contribution in [0.3, 0.4) is 0 Å². The predicted octanol–water partition coefficient (Wildman–Crippen LogP) is 3.48. The van der Waals surface area contributed by atoms with Crippen LogP contribution in [0.25, 0.3) is 0 Å². The zero-order valence-corrected chi connectivity index (χ0v) is 16.2. The first-order valence-corrected chi connectivity index (χ1v) is 9.18. The Hall–Kier alpha value is -2.80. The molecule has 140 valence electrons. The van der Waals surface area contributed by atoms with Gasteiger partial charge in [-0.2, -0.15) is 5.10 Å². The van der Waals surface area contributed by atoms with Crippen molar-refractivity contribution in [3.8, 4) is 17.2 Å². The summed E-state index contributed by atoms with van der Waals surface area (Å²) >= 11 is 3.41. The Bertz CT molecular complexity index is 867. The molecule has 0 saturated carbocycles. The van der Waals surface area contributed by atoms with Gasteiger partial charge in [-0.1, -0.05) is 34.7 Å². The summed E-state index contributed by atoms with van der Waals surface area (Å²) in [5.41, 5.74) is 4.09. The molecule has 1 N–H and O–H groups in total. The smallest absolute Gasteiger partial charge is 0.244 e. The lowest BCUT2D eigenvalue weighted by Crippen LogP contribution is -2.20. The molecule has 0 aromatic heterocycles. The summed E-state index contributed by atoms with van der Waals surface area (Å²) in [7, 11) is 0. The quantitative estimate of drug-likeness (QED) is 0.414. The van der Waals surface area contributed by atoms with Gasteiger partial charge in [-0.15, -0.1) is 0 Å². The molecule has 7 heteroatoms. The third-order valence-electron chi connectivity index (χ3n) is 3.69. The maximum atomic E-state index is 12.1. The van der Waals surface area contributed by atoms with Crippen molar-refractivity contribution in [2.75, 3.05) is 19.8 Å². The van der Waals surface area contributed by atoms with Gasteiger partial charge in [0.1, 0.15) is 25.6 Å². The van der Waals surface area contributed by atoms with E-state index in [2.05, 4.69) is 33.0 Å². The van der Waals surface area contributed by atoms with E-state index < -0.39 is 0 Å². The number of ether oxygens (including phenoxy) is 3. The first kappa shape index (κ1) is 19.0. The minimum Gasteiger partial charge on any atom is -0.489 e. The van der Waals surface area contributed by atoms with Gasteiger partial charge in [-0.05, 0) is 35.9 Å². The van der Waals surface area contributed by atoms with Crippen LogP contribution in [0.1, 0.15) is 11.1 Å². The molecule has 0 atom stereocenters. The van der Waals surface area contributed by atoms with E-state index in [0.29, 0.717) is 37.1 Å². The van der Waals surface area contributed by atoms with Crippen molar-refractivity contribution in [3.05, 3.63) is 64.7 Å². The highest BCUT2D eigenvalue weighted by atomic mass is 79.9. The summed E-state index contributed by atoms with van der Waals surface area (Å²) in [4.78, 5) is 12.1. The minimum atomic E-state index is -0.230. The van der Waals surface area contributed by atoms with E-state index in [9.17, 15) is 4.79 Å². The van der Waals surface area contributed by atoms with E-state index in [1.807, 2.05) is 36.4 Å². The van der Waals surface area contributed by atoms with Crippen LogP contribution in [0.15, 0.2) is 58.6 Å². The predicted molar refractivity (Wildman–Crippen MR) is 107 cm³/mol. The Kier molecular flexibility index (Phi) is 6.49. The molecular formula is C20H19BrN2O4. The Morgan fingerprint density at radius 2 is 2.04 bits per heavy atom. The van der Waals surface area contributed by atoms with Gasteiger partial charge >= 0.3 is 0 Å². The number of benzene rings is 2. The van der Waals surface area contributed by atoms with Crippen molar-refractivity contribution in [2.24, 2.45) is 5.10 Å². The number of halogens is 1. The van der Waals surface area contributed by atoms with Crippen LogP contribution in [0.4, 0.5) is 0 Å². The summed E-state index contributed by atoms with van der Waals surface area (Å²) in [5.74, 6) is 1.78. The molecule has 0 aliphatic carbocycles. The number of fused-ring (bicyclic) bond motifs is 1. The highest BCUT2D eigenvalue weighted by Gasteiger charge is 2.13. The number of nitrogens with zero attached hydrogens (tertiary/aromatic N) is 1. The molecule has 0 radical (unpaired) electrons. The van der Waals surface area contributed by atoms with E-state index >= 15 is 0 Å². The average molecular weight is 431 g/mol. The molecule has 1 heterocycles. The lowest BCUT2D eigenvalue weighted by Gasteiger charge is -2.18. The lowest BCUT2D eigenvalue weighted by molar-refractivity contribution is -0.120. The molecule has 1 aliphatic rings. The van der Waals surface area contributed by atoms with Crippen LogP contribution >= 0.6 is 15.9 Å². The molecule has 2 aromatic carbocycles. The summed E-state index contributed by atoms with van der Waals surface area (Å²) < 4.78 is 17.5. The molecular weight excluding hydrogens is 412 g/mol. The minimum absolute atomic E-state index is 0.187. The SMILES string of the molecule is C=CCOc1ccc(Br)cc1/C=N/NC(=O)Cc1ccc2c(c1)OCCO2. The van der Waals surface area contributed by atoms with E-state index in [-0.39, 0.29) is 12.3 Å². The van der Waals surface area contributed by atoms with E-state index in [1.54, 1.807) is 12.3 Å². The van der Waals surface area contributed by atoms with Crippen LogP contribution in [0, 0.1) is 0 Å². The van der Waals surface area contributed by atoms with Crippen LogP contribution in [0.2, 0.25) is 0 Å². The fourth-order valence-electron chi connectivity index (χ4n) is 2.50. The first-order valence-electron chi connectivity index (χ1n) is 8.39. The monoisotopic (exact) mass is 430 g/mol. The first-order chi connectivity index (χ1) is 13.2. The fraction of sp³-hybridized carbons (Fsp3) is 0.200. The van der Waals surface area contributed by atoms with Crippen molar-refractivity contribution in [1.82, 2.24) is 5.43 Å². The molecule has 0 unspecified atom stereocenters. The van der Waals surface area contributed by atoms with Gasteiger partial charge in [0.2, 0.25) is 5.91 Å². The number of rotatable bonds is 7. The zero-order chi connectivity index (χ0) is 19.1. The molecule has 0 saturated heterocycles. The summed E-state index contributed by atoms with van der Waals surface area (Å²) in [6.07, 6.45) is 3.40. The summed E-state index contributed by atoms with van der Waals surface area (Å²) in [5, 5.41) is 4.03. The number of carbonyl (C=O) groups is 1. The Labute approximate surface area is 165 Å². The molecule has 6 nitrogen and oxygen atoms in total. The number of hydrazone groups is 1. The largest absolute Gasteiger partial charge is 0.489 e. The number of nitrogens with one attached hydrogen (secondary N) is 1. The van der Waals surface area contributed by atoms with Crippen molar-refractivity contribution in [1.29, 1.82) is 0 Å². The van der Waals surface area contributed by atoms with E-state index in [0.717, 1.165) is 15.6 Å². The maximum Gasteiger partial charge on any atom is 0.244 e. The topological polar surface area (TPSA) is 69.2 Å². The van der Waals surface area contributed by atoms with Crippen LogP contribution < -0.4 is 19.6 Å². The van der Waals surface area contributed by atoms with E-state index in [1.165, 1.54) is 0 Å². The van der Waals surface area contributed by atoms with Crippen molar-refractivity contribution < 1.29 is 19.0 Å². The highest BCUT2D eigenvalue weighted by Crippen LogP contribution is 2.30. The maximum absolute atomic E-state index is 12.1. The second-order valence-corrected chi connectivity index (χ2v) is 6.65. The number of carbonyl (C=O) groups excluding carboxylic acids is 1. The van der Waals surface area contributed by atoms with Crippen LogP contribution in [-0.4, -0.2) is 31.9 Å². The molecule has 2 aromatic rings. The lowest BCUT2D eigenvalue weighted by atomic mass is 10.1. The standard InChI is InChI=1S/C20H19BrN2O4/c1-2-7-25-17-6-4-16(21)12-15(17)13-22-23-20(24)11-14-3-5-18-19(10-14)27-9-8-26-18/h2-6,10,12-13H,1,7-9,11H2,(H,23,24)/b22-13+. The molecule has 27 heavy (non-hydrogen) atoms. The van der Waals surface area contributed by atoms with E-state index in [4.69, 9.17) is 14.2 Å². The Morgan fingerprint density at radius 1 is 1.22 bits per heavy atom. The fourth-order valence-corrected chi connectivity index (χ4v) is 2.88. The summed E-state index contributed by atoms with van der Waals surface area (Å²) in [6.45, 7) is 5.07. The molecule has 0 fully saturated rings. The van der Waals surface area contributed by atoms with Gasteiger partial charge in [0.15, 0.2) is 11.5 Å². The highest BCUT2D eigenvalue weighted by molar-refractivity contribution is 9.10. The average Bonchev–Trinajstić information content (AvgIpc) is 2.67. The third kappa shape index (κ3) is 5.34. The zero-order valence-electron chi connectivity index (χ0n) is 14.6. The molecule has 0 spiro atoms. The van der Waals surface area contributed by atoms with Crippen LogP contribution in [-0.2, 0) is 11.2 Å². The Balaban J connectivity index is 1.60. The van der Waals surface area contributed by atoms with Gasteiger partial charge in [-0.3, -0.25) is 4.79 Å². The molecule has 0 bridgehead atoms. The van der Waals surface area contributed by atoms with Crippen molar-refractivity contribution >= 4 is 28.1 Å². The Morgan fingerprint density at radius 3 is 2.85 bits per heavy atom. The van der Waals surface area contributed by atoms with Crippen molar-refractivity contribution in [3.63, 3.8) is 0 Å². The van der Waals surface area contributed by atoms with Gasteiger partial charge in [-0.25, -0.2) is 5.43 Å². The normalized spacial score (nSPS) is 12.6. The number of hydrogen-bond donors (Lipinski definition) is 1. The third-order valence-corrected chi connectivity index (χ3v) is 4.19. The number of amides is 1. The van der Waals surface area contributed by atoms with Gasteiger partial charge in [0.05, 0.1) is 12.6 Å².